The van der Waals surface area contributed by atoms with Crippen LogP contribution in [0.25, 0.3) is 0 Å². The van der Waals surface area contributed by atoms with Gasteiger partial charge in [0.25, 0.3) is 0 Å². The quantitative estimate of drug-likeness (QED) is 0.591. The Kier molecular flexibility index (Phi) is 1.73. The van der Waals surface area contributed by atoms with E-state index in [9.17, 15) is 8.42 Å². The molecule has 1 heterocycles. The Morgan fingerprint density at radius 1 is 1.56 bits per heavy atom. The molecule has 5 heteroatoms. The molecule has 0 spiro atoms. The van der Waals surface area contributed by atoms with E-state index in [1.807, 2.05) is 0 Å². The molecule has 0 aliphatic carbocycles. The number of rotatable bonds is 1. The average Bonchev–Trinajstić information content (AvgIpc) is 2.13. The van der Waals surface area contributed by atoms with Crippen LogP contribution >= 0.6 is 11.3 Å². The first kappa shape index (κ1) is 6.57. The van der Waals surface area contributed by atoms with Crippen LogP contribution in [0.15, 0.2) is 15.7 Å². The zero-order chi connectivity index (χ0) is 6.85. The molecular formula is C4H4O3S2. The van der Waals surface area contributed by atoms with Crippen molar-refractivity contribution in [2.24, 2.45) is 0 Å². The number of thiophene rings is 1. The van der Waals surface area contributed by atoms with Crippen LogP contribution in [-0.4, -0.2) is 13.5 Å². The largest absolute Gasteiger partial charge is 0.506 e. The summed E-state index contributed by atoms with van der Waals surface area (Å²) >= 11 is 1.01. The topological polar surface area (TPSA) is 54.4 Å². The van der Waals surface area contributed by atoms with Gasteiger partial charge in [-0.1, -0.05) is 0 Å². The molecular weight excluding hydrogens is 160 g/mol. The van der Waals surface area contributed by atoms with Crippen molar-refractivity contribution in [2.75, 3.05) is 0 Å². The van der Waals surface area contributed by atoms with E-state index < -0.39 is 10.7 Å². The van der Waals surface area contributed by atoms with Crippen molar-refractivity contribution >= 4 is 22.0 Å². The summed E-state index contributed by atoms with van der Waals surface area (Å²) in [7, 11) is -2.61. The zero-order valence-corrected chi connectivity index (χ0v) is 5.98. The molecule has 50 valence electrons. The molecule has 0 saturated heterocycles. The van der Waals surface area contributed by atoms with E-state index in [0.717, 1.165) is 11.3 Å². The van der Waals surface area contributed by atoms with Gasteiger partial charge in [0.1, 0.15) is 5.75 Å². The van der Waals surface area contributed by atoms with Crippen LogP contribution in [0.3, 0.4) is 0 Å². The second kappa shape index (κ2) is 2.36. The Bertz CT molecular complexity index is 265. The maximum absolute atomic E-state index is 10.2. The van der Waals surface area contributed by atoms with Gasteiger partial charge in [-0.05, 0) is 11.4 Å². The molecule has 0 radical (unpaired) electrons. The van der Waals surface area contributed by atoms with E-state index >= 15 is 0 Å². The molecule has 0 aliphatic heterocycles. The third-order valence-corrected chi connectivity index (χ3v) is 2.82. The van der Waals surface area contributed by atoms with Crippen molar-refractivity contribution < 1.29 is 13.5 Å². The number of aromatic hydroxyl groups is 1. The highest BCUT2D eigenvalue weighted by Gasteiger charge is 2.02. The van der Waals surface area contributed by atoms with Crippen molar-refractivity contribution in [3.8, 4) is 5.75 Å². The van der Waals surface area contributed by atoms with E-state index in [0.29, 0.717) is 0 Å². The lowest BCUT2D eigenvalue weighted by molar-refractivity contribution is 0.465. The Labute approximate surface area is 57.5 Å². The van der Waals surface area contributed by atoms with Crippen molar-refractivity contribution in [1.82, 2.24) is 0 Å². The zero-order valence-electron chi connectivity index (χ0n) is 4.27. The highest BCUT2D eigenvalue weighted by atomic mass is 32.2. The van der Waals surface area contributed by atoms with Gasteiger partial charge < -0.3 is 5.11 Å². The van der Waals surface area contributed by atoms with Crippen molar-refractivity contribution in [3.05, 3.63) is 11.4 Å². The van der Waals surface area contributed by atoms with E-state index in [2.05, 4.69) is 0 Å². The van der Waals surface area contributed by atoms with Crippen LogP contribution in [0.4, 0.5) is 0 Å². The van der Waals surface area contributed by atoms with E-state index in [1.54, 1.807) is 0 Å². The maximum Gasteiger partial charge on any atom is 0.181 e. The van der Waals surface area contributed by atoms with Crippen LogP contribution in [0.1, 0.15) is 0 Å². The Morgan fingerprint density at radius 2 is 2.22 bits per heavy atom. The first-order chi connectivity index (χ1) is 4.22. The molecule has 3 nitrogen and oxygen atoms in total. The van der Waals surface area contributed by atoms with E-state index in [-0.39, 0.29) is 9.96 Å². The van der Waals surface area contributed by atoms with Crippen molar-refractivity contribution in [1.29, 1.82) is 0 Å². The maximum atomic E-state index is 10.2. The monoisotopic (exact) mass is 164 g/mol. The lowest BCUT2D eigenvalue weighted by atomic mass is 10.6. The minimum Gasteiger partial charge on any atom is -0.506 e. The van der Waals surface area contributed by atoms with Gasteiger partial charge in [0, 0.05) is 0 Å². The lowest BCUT2D eigenvalue weighted by Crippen LogP contribution is -1.70. The molecule has 0 fully saturated rings. The summed E-state index contributed by atoms with van der Waals surface area (Å²) < 4.78 is 20.4. The van der Waals surface area contributed by atoms with Gasteiger partial charge in [-0.15, -0.1) is 11.3 Å². The number of hydrogen-bond acceptors (Lipinski definition) is 4. The van der Waals surface area contributed by atoms with E-state index in [1.165, 1.54) is 11.4 Å². The van der Waals surface area contributed by atoms with Gasteiger partial charge in [-0.3, -0.25) is 0 Å². The summed E-state index contributed by atoms with van der Waals surface area (Å²) in [5.41, 5.74) is 0. The van der Waals surface area contributed by atoms with Gasteiger partial charge >= 0.3 is 0 Å². The fourth-order valence-electron chi connectivity index (χ4n) is 0.431. The lowest BCUT2D eigenvalue weighted by Gasteiger charge is -1.80. The first-order valence-corrected chi connectivity index (χ1v) is 4.18. The summed E-state index contributed by atoms with van der Waals surface area (Å²) in [6, 6.07) is 1.35. The molecule has 0 saturated carbocycles. The van der Waals surface area contributed by atoms with Crippen LogP contribution in [0.5, 0.6) is 5.75 Å². The highest BCUT2D eigenvalue weighted by molar-refractivity contribution is 7.75. The van der Waals surface area contributed by atoms with Gasteiger partial charge in [0.05, 0.1) is 0 Å². The van der Waals surface area contributed by atoms with Gasteiger partial charge in [-0.25, -0.2) is 8.42 Å². The van der Waals surface area contributed by atoms with Crippen LogP contribution in [0, 0.1) is 0 Å². The van der Waals surface area contributed by atoms with Crippen LogP contribution < -0.4 is 0 Å². The minimum absolute atomic E-state index is 0.0324. The summed E-state index contributed by atoms with van der Waals surface area (Å²) in [6.45, 7) is 0. The molecule has 0 bridgehead atoms. The Hall–Kier alpha value is -0.550. The molecule has 9 heavy (non-hydrogen) atoms. The molecule has 0 aliphatic rings. The fourth-order valence-corrected chi connectivity index (χ4v) is 1.73. The van der Waals surface area contributed by atoms with Gasteiger partial charge in [-0.2, -0.15) is 0 Å². The second-order valence-electron chi connectivity index (χ2n) is 1.37. The number of thiol groups is 1. The molecule has 1 aromatic heterocycles. The molecule has 1 N–H and O–H groups in total. The van der Waals surface area contributed by atoms with Crippen molar-refractivity contribution in [3.63, 3.8) is 0 Å². The molecule has 0 atom stereocenters. The SMILES string of the molecule is O=[SH](=O)c1sccc1O. The predicted molar refractivity (Wildman–Crippen MR) is 34.6 cm³/mol. The standard InChI is InChI=1S/C4H4O3S2/c5-3-1-2-8-4(3)9(6)7/h1-2,5,9H. The molecule has 0 amide bonds. The van der Waals surface area contributed by atoms with Crippen LogP contribution in [-0.2, 0) is 10.7 Å². The average molecular weight is 164 g/mol. The highest BCUT2D eigenvalue weighted by Crippen LogP contribution is 2.23. The van der Waals surface area contributed by atoms with E-state index in [4.69, 9.17) is 5.11 Å². The molecule has 1 aromatic rings. The van der Waals surface area contributed by atoms with Crippen LogP contribution in [0.2, 0.25) is 0 Å². The second-order valence-corrected chi connectivity index (χ2v) is 3.55. The molecule has 0 unspecified atom stereocenters. The number of hydrogen-bond donors (Lipinski definition) is 2. The summed E-state index contributed by atoms with van der Waals surface area (Å²) in [5, 5.41) is 10.3. The Morgan fingerprint density at radius 3 is 2.44 bits per heavy atom. The summed E-state index contributed by atoms with van der Waals surface area (Å²) in [5.74, 6) is -0.156. The van der Waals surface area contributed by atoms with Gasteiger partial charge in [0.15, 0.2) is 14.9 Å². The summed E-state index contributed by atoms with van der Waals surface area (Å²) in [6.07, 6.45) is 0. The normalized spacial score (nSPS) is 10.3. The molecule has 1 rings (SSSR count). The Balaban J connectivity index is 3.23. The summed E-state index contributed by atoms with van der Waals surface area (Å²) in [4.78, 5) is 0. The first-order valence-electron chi connectivity index (χ1n) is 2.12. The third kappa shape index (κ3) is 1.22. The smallest absolute Gasteiger partial charge is 0.181 e. The minimum atomic E-state index is -2.61. The molecule has 0 aromatic carbocycles. The predicted octanol–water partition coefficient (Wildman–Crippen LogP) is 0.424. The van der Waals surface area contributed by atoms with Crippen molar-refractivity contribution in [2.45, 2.75) is 4.21 Å². The third-order valence-electron chi connectivity index (χ3n) is 0.791. The fraction of sp³-hybridized carbons (Fsp3) is 0. The van der Waals surface area contributed by atoms with Gasteiger partial charge in [0.2, 0.25) is 0 Å².